The summed E-state index contributed by atoms with van der Waals surface area (Å²) in [4.78, 5) is 0.471. The first kappa shape index (κ1) is 10.6. The second-order valence-electron chi connectivity index (χ2n) is 2.31. The van der Waals surface area contributed by atoms with E-state index in [4.69, 9.17) is 20.5 Å². The minimum absolute atomic E-state index is 0.00275. The van der Waals surface area contributed by atoms with Crippen LogP contribution in [-0.2, 0) is 24.1 Å². The minimum atomic E-state index is -2.85. The standard InChI is InChI=1S/C8H10O3S2/c9-6-7-11-13(10,12)8-4-2-1-3-5-8/h1-5,9H,6-7H2. The summed E-state index contributed by atoms with van der Waals surface area (Å²) < 4.78 is 16.5. The molecule has 1 atom stereocenters. The van der Waals surface area contributed by atoms with E-state index in [0.29, 0.717) is 4.90 Å². The van der Waals surface area contributed by atoms with Gasteiger partial charge >= 0.3 is 0 Å². The maximum atomic E-state index is 11.6. The summed E-state index contributed by atoms with van der Waals surface area (Å²) in [6, 6.07) is 8.58. The highest BCUT2D eigenvalue weighted by Crippen LogP contribution is 2.11. The van der Waals surface area contributed by atoms with Gasteiger partial charge in [-0.15, -0.1) is 0 Å². The molecule has 72 valence electrons. The second-order valence-corrected chi connectivity index (χ2v) is 5.24. The average Bonchev–Trinajstić information content (AvgIpc) is 2.16. The highest BCUT2D eigenvalue weighted by atomic mass is 32.8. The van der Waals surface area contributed by atoms with Crippen molar-refractivity contribution >= 4 is 20.0 Å². The molecular formula is C8H10O3S2. The zero-order valence-corrected chi connectivity index (χ0v) is 8.51. The molecule has 0 saturated carbocycles. The molecule has 5 heteroatoms. The first-order chi connectivity index (χ1) is 6.17. The zero-order chi connectivity index (χ0) is 9.73. The van der Waals surface area contributed by atoms with E-state index in [1.807, 2.05) is 0 Å². The molecule has 0 saturated heterocycles. The SMILES string of the molecule is O=S(=S)(OCCO)c1ccccc1. The van der Waals surface area contributed by atoms with Gasteiger partial charge in [0.25, 0.3) is 0 Å². The van der Waals surface area contributed by atoms with E-state index in [1.165, 1.54) is 0 Å². The highest BCUT2D eigenvalue weighted by molar-refractivity contribution is 8.30. The van der Waals surface area contributed by atoms with Crippen LogP contribution in [0.1, 0.15) is 0 Å². The molecule has 0 aromatic heterocycles. The highest BCUT2D eigenvalue weighted by Gasteiger charge is 2.08. The van der Waals surface area contributed by atoms with Gasteiger partial charge in [0.2, 0.25) is 0 Å². The van der Waals surface area contributed by atoms with E-state index < -0.39 is 8.77 Å². The Bertz CT molecular complexity index is 345. The lowest BCUT2D eigenvalue weighted by Gasteiger charge is -2.06. The molecule has 1 aromatic carbocycles. The molecule has 13 heavy (non-hydrogen) atoms. The van der Waals surface area contributed by atoms with Crippen LogP contribution in [0.2, 0.25) is 0 Å². The van der Waals surface area contributed by atoms with Gasteiger partial charge in [0.05, 0.1) is 18.1 Å². The molecule has 3 nitrogen and oxygen atoms in total. The first-order valence-corrected chi connectivity index (χ1v) is 6.13. The Morgan fingerprint density at radius 2 is 2.00 bits per heavy atom. The van der Waals surface area contributed by atoms with Crippen molar-refractivity contribution in [2.24, 2.45) is 0 Å². The molecule has 0 bridgehead atoms. The van der Waals surface area contributed by atoms with Gasteiger partial charge in [0.15, 0.2) is 8.77 Å². The van der Waals surface area contributed by atoms with Gasteiger partial charge in [-0.3, -0.25) is 4.18 Å². The zero-order valence-electron chi connectivity index (χ0n) is 6.88. The molecule has 0 heterocycles. The molecule has 0 amide bonds. The summed E-state index contributed by atoms with van der Waals surface area (Å²) in [7, 11) is -2.85. The van der Waals surface area contributed by atoms with Gasteiger partial charge in [-0.2, -0.15) is 0 Å². The van der Waals surface area contributed by atoms with Crippen molar-refractivity contribution in [2.45, 2.75) is 4.90 Å². The number of aliphatic hydroxyl groups excluding tert-OH is 1. The molecular weight excluding hydrogens is 208 g/mol. The predicted octanol–water partition coefficient (Wildman–Crippen LogP) is 0.716. The molecule has 1 aromatic rings. The number of benzene rings is 1. The number of hydrogen-bond donors (Lipinski definition) is 1. The van der Waals surface area contributed by atoms with Crippen LogP contribution < -0.4 is 0 Å². The summed E-state index contributed by atoms with van der Waals surface area (Å²) in [6.07, 6.45) is 0. The smallest absolute Gasteiger partial charge is 0.173 e. The Labute approximate surface area is 82.2 Å². The lowest BCUT2D eigenvalue weighted by atomic mass is 10.4. The van der Waals surface area contributed by atoms with Crippen LogP contribution in [0.3, 0.4) is 0 Å². The van der Waals surface area contributed by atoms with Crippen molar-refractivity contribution in [3.05, 3.63) is 30.3 Å². The number of hydrogen-bond acceptors (Lipinski definition) is 4. The van der Waals surface area contributed by atoms with Crippen molar-refractivity contribution in [2.75, 3.05) is 13.2 Å². The van der Waals surface area contributed by atoms with Crippen molar-refractivity contribution < 1.29 is 13.5 Å². The monoisotopic (exact) mass is 218 g/mol. The maximum Gasteiger partial charge on any atom is 0.173 e. The van der Waals surface area contributed by atoms with Crippen LogP contribution >= 0.6 is 0 Å². The number of aliphatic hydroxyl groups is 1. The molecule has 0 aliphatic rings. The molecule has 1 unspecified atom stereocenters. The Morgan fingerprint density at radius 3 is 2.54 bits per heavy atom. The van der Waals surface area contributed by atoms with Crippen LogP contribution in [0.25, 0.3) is 0 Å². The van der Waals surface area contributed by atoms with E-state index in [1.54, 1.807) is 30.3 Å². The molecule has 0 aliphatic carbocycles. The van der Waals surface area contributed by atoms with Crippen molar-refractivity contribution in [3.8, 4) is 0 Å². The fourth-order valence-electron chi connectivity index (χ4n) is 0.802. The third-order valence-electron chi connectivity index (χ3n) is 1.36. The minimum Gasteiger partial charge on any atom is -0.394 e. The third-order valence-corrected chi connectivity index (χ3v) is 3.55. The van der Waals surface area contributed by atoms with Gasteiger partial charge in [0.1, 0.15) is 0 Å². The largest absolute Gasteiger partial charge is 0.394 e. The molecule has 1 N–H and O–H groups in total. The summed E-state index contributed by atoms with van der Waals surface area (Å²) >= 11 is 4.77. The van der Waals surface area contributed by atoms with E-state index in [9.17, 15) is 4.21 Å². The molecule has 0 aliphatic heterocycles. The molecule has 0 radical (unpaired) electrons. The average molecular weight is 218 g/mol. The quantitative estimate of drug-likeness (QED) is 0.808. The van der Waals surface area contributed by atoms with Gasteiger partial charge in [-0.1, -0.05) is 18.2 Å². The molecule has 0 fully saturated rings. The van der Waals surface area contributed by atoms with E-state index >= 15 is 0 Å². The fourth-order valence-corrected chi connectivity index (χ4v) is 2.26. The van der Waals surface area contributed by atoms with Crippen LogP contribution in [-0.4, -0.2) is 22.5 Å². The van der Waals surface area contributed by atoms with E-state index in [0.717, 1.165) is 0 Å². The van der Waals surface area contributed by atoms with Crippen molar-refractivity contribution in [1.29, 1.82) is 0 Å². The van der Waals surface area contributed by atoms with Crippen LogP contribution in [0.15, 0.2) is 35.2 Å². The van der Waals surface area contributed by atoms with E-state index in [-0.39, 0.29) is 13.2 Å². The molecule has 1 rings (SSSR count). The van der Waals surface area contributed by atoms with Gasteiger partial charge < -0.3 is 5.11 Å². The summed E-state index contributed by atoms with van der Waals surface area (Å²) in [5.41, 5.74) is 0. The first-order valence-electron chi connectivity index (χ1n) is 3.72. The predicted molar refractivity (Wildman–Crippen MR) is 53.3 cm³/mol. The van der Waals surface area contributed by atoms with E-state index in [2.05, 4.69) is 0 Å². The summed E-state index contributed by atoms with van der Waals surface area (Å²) in [5.74, 6) is 0. The number of rotatable bonds is 4. The summed E-state index contributed by atoms with van der Waals surface area (Å²) in [5, 5.41) is 8.48. The van der Waals surface area contributed by atoms with Crippen LogP contribution in [0.5, 0.6) is 0 Å². The second kappa shape index (κ2) is 4.66. The Morgan fingerprint density at radius 1 is 1.38 bits per heavy atom. The topological polar surface area (TPSA) is 46.5 Å². The van der Waals surface area contributed by atoms with Crippen molar-refractivity contribution in [1.82, 2.24) is 0 Å². The lowest BCUT2D eigenvalue weighted by molar-refractivity contribution is 0.213. The third kappa shape index (κ3) is 3.04. The van der Waals surface area contributed by atoms with Gasteiger partial charge in [-0.05, 0) is 12.1 Å². The Hall–Kier alpha value is -0.490. The van der Waals surface area contributed by atoms with Crippen LogP contribution in [0.4, 0.5) is 0 Å². The van der Waals surface area contributed by atoms with Crippen molar-refractivity contribution in [3.63, 3.8) is 0 Å². The Balaban J connectivity index is 2.83. The van der Waals surface area contributed by atoms with Gasteiger partial charge in [0, 0.05) is 11.2 Å². The van der Waals surface area contributed by atoms with Crippen LogP contribution in [0, 0.1) is 0 Å². The fraction of sp³-hybridized carbons (Fsp3) is 0.250. The molecule has 0 spiro atoms. The maximum absolute atomic E-state index is 11.6. The Kier molecular flexibility index (Phi) is 3.80. The van der Waals surface area contributed by atoms with Gasteiger partial charge in [-0.25, -0.2) is 4.21 Å². The normalized spacial score (nSPS) is 15.2. The lowest BCUT2D eigenvalue weighted by Crippen LogP contribution is -2.08. The summed E-state index contributed by atoms with van der Waals surface area (Å²) in [6.45, 7) is -0.183.